The van der Waals surface area contributed by atoms with Crippen LogP contribution in [0.25, 0.3) is 22.3 Å². The van der Waals surface area contributed by atoms with Crippen LogP contribution in [0.15, 0.2) is 72.8 Å². The van der Waals surface area contributed by atoms with Crippen LogP contribution in [0.5, 0.6) is 0 Å². The molecule has 0 amide bonds. The predicted molar refractivity (Wildman–Crippen MR) is 103 cm³/mol. The lowest BCUT2D eigenvalue weighted by atomic mass is 9.83. The van der Waals surface area contributed by atoms with Crippen molar-refractivity contribution in [3.8, 4) is 22.3 Å². The molecule has 3 aromatic rings. The fourth-order valence-corrected chi connectivity index (χ4v) is 3.93. The van der Waals surface area contributed by atoms with Crippen LogP contribution in [-0.4, -0.2) is 0 Å². The number of benzene rings is 3. The molecule has 1 aliphatic rings. The van der Waals surface area contributed by atoms with Crippen molar-refractivity contribution in [2.45, 2.75) is 38.0 Å². The maximum atomic E-state index is 14.7. The Morgan fingerprint density at radius 2 is 1.32 bits per heavy atom. The van der Waals surface area contributed by atoms with Gasteiger partial charge in [0.2, 0.25) is 0 Å². The van der Waals surface area contributed by atoms with Crippen LogP contribution >= 0.6 is 0 Å². The van der Waals surface area contributed by atoms with Crippen molar-refractivity contribution >= 4 is 0 Å². The van der Waals surface area contributed by atoms with E-state index in [2.05, 4.69) is 24.3 Å². The highest BCUT2D eigenvalue weighted by molar-refractivity contribution is 5.71. The molecule has 0 saturated heterocycles. The maximum Gasteiger partial charge on any atom is 0.131 e. The van der Waals surface area contributed by atoms with Gasteiger partial charge in [-0.25, -0.2) is 4.39 Å². The quantitative estimate of drug-likeness (QED) is 0.476. The van der Waals surface area contributed by atoms with Gasteiger partial charge in [-0.1, -0.05) is 86.0 Å². The predicted octanol–water partition coefficient (Wildman–Crippen LogP) is 7.21. The summed E-state index contributed by atoms with van der Waals surface area (Å²) >= 11 is 0. The molecule has 0 radical (unpaired) electrons. The van der Waals surface area contributed by atoms with Crippen LogP contribution < -0.4 is 0 Å². The highest BCUT2D eigenvalue weighted by Gasteiger charge is 2.15. The fourth-order valence-electron chi connectivity index (χ4n) is 3.93. The molecule has 0 aromatic heterocycles. The summed E-state index contributed by atoms with van der Waals surface area (Å²) in [5.41, 5.74) is 5.00. The Balaban J connectivity index is 1.59. The molecule has 0 spiro atoms. The van der Waals surface area contributed by atoms with E-state index in [1.54, 1.807) is 6.07 Å². The first-order chi connectivity index (χ1) is 12.3. The van der Waals surface area contributed by atoms with Gasteiger partial charge in [0.05, 0.1) is 0 Å². The zero-order valence-corrected chi connectivity index (χ0v) is 14.4. The first kappa shape index (κ1) is 16.1. The molecule has 3 aromatic carbocycles. The number of hydrogen-bond donors (Lipinski definition) is 0. The van der Waals surface area contributed by atoms with Crippen molar-refractivity contribution < 1.29 is 4.39 Å². The smallest absolute Gasteiger partial charge is 0.131 e. The van der Waals surface area contributed by atoms with Crippen LogP contribution in [0.1, 0.15) is 43.6 Å². The Kier molecular flexibility index (Phi) is 4.65. The van der Waals surface area contributed by atoms with Crippen LogP contribution in [-0.2, 0) is 0 Å². The maximum absolute atomic E-state index is 14.7. The molecule has 1 heteroatoms. The van der Waals surface area contributed by atoms with Gasteiger partial charge in [0.1, 0.15) is 5.82 Å². The van der Waals surface area contributed by atoms with Gasteiger partial charge in [-0.3, -0.25) is 0 Å². The third kappa shape index (κ3) is 3.51. The van der Waals surface area contributed by atoms with E-state index in [0.717, 1.165) is 16.7 Å². The molecule has 0 bridgehead atoms. The summed E-state index contributed by atoms with van der Waals surface area (Å²) in [6.45, 7) is 0. The zero-order chi connectivity index (χ0) is 17.1. The lowest BCUT2D eigenvalue weighted by molar-refractivity contribution is 0.443. The average Bonchev–Trinajstić information content (AvgIpc) is 2.69. The van der Waals surface area contributed by atoms with Crippen molar-refractivity contribution in [2.75, 3.05) is 0 Å². The van der Waals surface area contributed by atoms with E-state index in [1.165, 1.54) is 37.7 Å². The Morgan fingerprint density at radius 1 is 0.640 bits per heavy atom. The van der Waals surface area contributed by atoms with Gasteiger partial charge in [-0.05, 0) is 47.1 Å². The van der Waals surface area contributed by atoms with Crippen LogP contribution in [0.3, 0.4) is 0 Å². The summed E-state index contributed by atoms with van der Waals surface area (Å²) in [5.74, 6) is 0.528. The zero-order valence-electron chi connectivity index (χ0n) is 14.4. The molecule has 1 saturated carbocycles. The van der Waals surface area contributed by atoms with E-state index < -0.39 is 0 Å². The SMILES string of the molecule is Fc1cc(-c2ccccc2)ccc1-c1ccc(C2CCCCC2)cc1. The minimum absolute atomic E-state index is 0.160. The molecule has 0 aliphatic heterocycles. The normalized spacial score (nSPS) is 15.2. The Hall–Kier alpha value is -2.41. The Bertz CT molecular complexity index is 828. The lowest BCUT2D eigenvalue weighted by Gasteiger charge is -2.22. The number of halogens is 1. The van der Waals surface area contributed by atoms with Crippen molar-refractivity contribution in [3.05, 3.63) is 84.2 Å². The van der Waals surface area contributed by atoms with Gasteiger partial charge in [-0.15, -0.1) is 0 Å². The molecular weight excluding hydrogens is 307 g/mol. The van der Waals surface area contributed by atoms with Crippen LogP contribution in [0.2, 0.25) is 0 Å². The third-order valence-corrected chi connectivity index (χ3v) is 5.37. The second kappa shape index (κ2) is 7.23. The van der Waals surface area contributed by atoms with Crippen molar-refractivity contribution in [2.24, 2.45) is 0 Å². The summed E-state index contributed by atoms with van der Waals surface area (Å²) in [6.07, 6.45) is 6.62. The van der Waals surface area contributed by atoms with E-state index in [9.17, 15) is 4.39 Å². The number of hydrogen-bond acceptors (Lipinski definition) is 0. The van der Waals surface area contributed by atoms with Gasteiger partial charge in [0, 0.05) is 5.56 Å². The summed E-state index contributed by atoms with van der Waals surface area (Å²) in [6, 6.07) is 24.0. The van der Waals surface area contributed by atoms with E-state index in [4.69, 9.17) is 0 Å². The standard InChI is InChI=1S/C24H23F/c25-24-17-22(19-9-5-2-6-10-19)15-16-23(24)21-13-11-20(12-14-21)18-7-3-1-4-8-18/h2,5-6,9-18H,1,3-4,7-8H2. The summed E-state index contributed by atoms with van der Waals surface area (Å²) in [4.78, 5) is 0. The topological polar surface area (TPSA) is 0 Å². The minimum Gasteiger partial charge on any atom is -0.206 e. The molecule has 4 rings (SSSR count). The van der Waals surface area contributed by atoms with E-state index in [1.807, 2.05) is 42.5 Å². The summed E-state index contributed by atoms with van der Waals surface area (Å²) in [7, 11) is 0. The Morgan fingerprint density at radius 3 is 2.00 bits per heavy atom. The molecular formula is C24H23F. The molecule has 0 heterocycles. The second-order valence-electron chi connectivity index (χ2n) is 7.02. The molecule has 0 N–H and O–H groups in total. The van der Waals surface area contributed by atoms with Gasteiger partial charge in [-0.2, -0.15) is 0 Å². The molecule has 25 heavy (non-hydrogen) atoms. The molecule has 0 atom stereocenters. The van der Waals surface area contributed by atoms with Crippen LogP contribution in [0, 0.1) is 5.82 Å². The third-order valence-electron chi connectivity index (χ3n) is 5.37. The van der Waals surface area contributed by atoms with Gasteiger partial charge in [0.15, 0.2) is 0 Å². The first-order valence-electron chi connectivity index (χ1n) is 9.26. The lowest BCUT2D eigenvalue weighted by Crippen LogP contribution is -2.04. The largest absolute Gasteiger partial charge is 0.206 e. The highest BCUT2D eigenvalue weighted by atomic mass is 19.1. The second-order valence-corrected chi connectivity index (χ2v) is 7.02. The molecule has 1 aliphatic carbocycles. The highest BCUT2D eigenvalue weighted by Crippen LogP contribution is 2.34. The Labute approximate surface area is 149 Å². The van der Waals surface area contributed by atoms with Gasteiger partial charge in [0.25, 0.3) is 0 Å². The van der Waals surface area contributed by atoms with Crippen molar-refractivity contribution in [1.29, 1.82) is 0 Å². The molecule has 126 valence electrons. The fraction of sp³-hybridized carbons (Fsp3) is 0.250. The van der Waals surface area contributed by atoms with Gasteiger partial charge < -0.3 is 0 Å². The summed E-state index contributed by atoms with van der Waals surface area (Å²) < 4.78 is 14.7. The molecule has 0 nitrogen and oxygen atoms in total. The van der Waals surface area contributed by atoms with Crippen molar-refractivity contribution in [1.82, 2.24) is 0 Å². The van der Waals surface area contributed by atoms with Gasteiger partial charge >= 0.3 is 0 Å². The first-order valence-corrected chi connectivity index (χ1v) is 9.26. The van der Waals surface area contributed by atoms with E-state index >= 15 is 0 Å². The van der Waals surface area contributed by atoms with Crippen LogP contribution in [0.4, 0.5) is 4.39 Å². The molecule has 0 unspecified atom stereocenters. The number of rotatable bonds is 3. The summed E-state index contributed by atoms with van der Waals surface area (Å²) in [5, 5.41) is 0. The minimum atomic E-state index is -0.160. The average molecular weight is 330 g/mol. The van der Waals surface area contributed by atoms with E-state index in [0.29, 0.717) is 11.5 Å². The van der Waals surface area contributed by atoms with Crippen molar-refractivity contribution in [3.63, 3.8) is 0 Å². The molecule has 1 fully saturated rings. The van der Waals surface area contributed by atoms with E-state index in [-0.39, 0.29) is 5.82 Å². The monoisotopic (exact) mass is 330 g/mol.